The van der Waals surface area contributed by atoms with Gasteiger partial charge in [0.15, 0.2) is 0 Å². The van der Waals surface area contributed by atoms with Gasteiger partial charge in [-0.15, -0.1) is 0 Å². The summed E-state index contributed by atoms with van der Waals surface area (Å²) < 4.78 is 4.41. The quantitative estimate of drug-likeness (QED) is 0.171. The van der Waals surface area contributed by atoms with Crippen LogP contribution in [0.3, 0.4) is 0 Å². The first-order valence-corrected chi connectivity index (χ1v) is 19.0. The zero-order chi connectivity index (χ0) is 40.9. The van der Waals surface area contributed by atoms with Gasteiger partial charge < -0.3 is 9.13 Å². The summed E-state index contributed by atoms with van der Waals surface area (Å²) >= 11 is 0. The summed E-state index contributed by atoms with van der Waals surface area (Å²) in [6, 6.07) is 59.9. The van der Waals surface area contributed by atoms with E-state index >= 15 is 0 Å². The molecule has 0 aliphatic carbocycles. The number of nitriles is 5. The Labute approximate surface area is 343 Å². The van der Waals surface area contributed by atoms with Crippen LogP contribution in [0.5, 0.6) is 0 Å². The van der Waals surface area contributed by atoms with Gasteiger partial charge in [0.05, 0.1) is 97.3 Å². The Morgan fingerprint density at radius 2 is 0.817 bits per heavy atom. The molecule has 8 heteroatoms. The predicted molar refractivity (Wildman–Crippen MR) is 233 cm³/mol. The molecular formula is C52H26N8. The zero-order valence-corrected chi connectivity index (χ0v) is 31.6. The number of pyridine rings is 1. The highest BCUT2D eigenvalue weighted by Gasteiger charge is 2.22. The third kappa shape index (κ3) is 5.61. The summed E-state index contributed by atoms with van der Waals surface area (Å²) in [7, 11) is 0. The Hall–Kier alpha value is -9.26. The van der Waals surface area contributed by atoms with Crippen molar-refractivity contribution in [1.29, 1.82) is 26.3 Å². The van der Waals surface area contributed by atoms with Crippen molar-refractivity contribution in [1.82, 2.24) is 14.1 Å². The highest BCUT2D eigenvalue weighted by Crippen LogP contribution is 2.42. The average Bonchev–Trinajstić information content (AvgIpc) is 3.82. The van der Waals surface area contributed by atoms with Gasteiger partial charge in [-0.25, -0.2) is 0 Å². The van der Waals surface area contributed by atoms with Gasteiger partial charge in [-0.2, -0.15) is 26.3 Å². The Bertz CT molecular complexity index is 3620. The highest BCUT2D eigenvalue weighted by molar-refractivity contribution is 6.12. The number of hydrogen-bond acceptors (Lipinski definition) is 6. The molecular weight excluding hydrogens is 737 g/mol. The fourth-order valence-corrected chi connectivity index (χ4v) is 8.45. The van der Waals surface area contributed by atoms with Crippen LogP contribution in [-0.2, 0) is 0 Å². The second-order valence-electron chi connectivity index (χ2n) is 14.4. The summed E-state index contributed by atoms with van der Waals surface area (Å²) in [4.78, 5) is 5.06. The molecule has 0 aliphatic rings. The molecule has 0 fully saturated rings. The van der Waals surface area contributed by atoms with E-state index in [0.29, 0.717) is 33.5 Å². The summed E-state index contributed by atoms with van der Waals surface area (Å²) in [5.41, 5.74) is 12.4. The van der Waals surface area contributed by atoms with E-state index in [0.717, 1.165) is 82.8 Å². The maximum Gasteiger partial charge on any atom is 0.0992 e. The molecule has 8 nitrogen and oxygen atoms in total. The topological polar surface area (TPSA) is 142 Å². The van der Waals surface area contributed by atoms with Crippen LogP contribution in [0.25, 0.3) is 88.5 Å². The lowest BCUT2D eigenvalue weighted by atomic mass is 9.98. The number of fused-ring (bicyclic) bond motifs is 6. The molecule has 0 N–H and O–H groups in total. The minimum absolute atomic E-state index is 0.420. The van der Waals surface area contributed by atoms with Crippen LogP contribution < -0.4 is 0 Å². The van der Waals surface area contributed by atoms with Gasteiger partial charge in [-0.3, -0.25) is 4.98 Å². The normalized spacial score (nSPS) is 10.9. The molecule has 10 rings (SSSR count). The fourth-order valence-electron chi connectivity index (χ4n) is 8.45. The molecule has 0 saturated heterocycles. The lowest BCUT2D eigenvalue weighted by Gasteiger charge is -2.18. The molecule has 10 aromatic rings. The van der Waals surface area contributed by atoms with Crippen molar-refractivity contribution in [2.45, 2.75) is 0 Å². The minimum Gasteiger partial charge on any atom is -0.309 e. The van der Waals surface area contributed by atoms with E-state index in [1.807, 2.05) is 66.7 Å². The Morgan fingerprint density at radius 3 is 1.32 bits per heavy atom. The number of benzene rings is 7. The van der Waals surface area contributed by atoms with Crippen molar-refractivity contribution in [3.05, 3.63) is 186 Å². The molecule has 0 bridgehead atoms. The molecule has 7 aromatic carbocycles. The molecule has 0 amide bonds. The van der Waals surface area contributed by atoms with E-state index in [-0.39, 0.29) is 0 Å². The molecule has 0 atom stereocenters. The standard InChI is InChI=1S/C52H26N8/c53-27-32-11-14-50(59-46-8-3-1-6-41(46)43-25-37(12-15-48(43)59)39-20-33(28-54)18-34(21-39)29-55)45(24-32)52-51(10-5-17-58-52)60-47-9-4-2-7-42(47)44-26-38(13-16-49(44)60)40-22-35(30-56)19-36(23-40)31-57/h1-26H. The van der Waals surface area contributed by atoms with Gasteiger partial charge in [0.2, 0.25) is 0 Å². The Morgan fingerprint density at radius 1 is 0.350 bits per heavy atom. The Balaban J connectivity index is 1.20. The largest absolute Gasteiger partial charge is 0.309 e. The molecule has 0 aliphatic heterocycles. The minimum atomic E-state index is 0.420. The highest BCUT2D eigenvalue weighted by atomic mass is 15.0. The molecule has 0 radical (unpaired) electrons. The summed E-state index contributed by atoms with van der Waals surface area (Å²) in [5, 5.41) is 53.0. The van der Waals surface area contributed by atoms with Crippen molar-refractivity contribution >= 4 is 43.6 Å². The van der Waals surface area contributed by atoms with Gasteiger partial charge in [-0.1, -0.05) is 48.5 Å². The van der Waals surface area contributed by atoms with Crippen LogP contribution >= 0.6 is 0 Å². The number of para-hydroxylation sites is 2. The molecule has 0 unspecified atom stereocenters. The van der Waals surface area contributed by atoms with Crippen molar-refractivity contribution in [3.8, 4) is 75.2 Å². The summed E-state index contributed by atoms with van der Waals surface area (Å²) in [5.74, 6) is 0. The molecule has 0 spiro atoms. The smallest absolute Gasteiger partial charge is 0.0992 e. The SMILES string of the molecule is N#Cc1cc(C#N)cc(-c2ccc3c(c2)c2ccccc2n3-c2ccc(C#N)cc2-c2ncccc2-n2c3ccccc3c3cc(-c4cc(C#N)cc(C#N)c4)ccc32)c1. The maximum absolute atomic E-state index is 10.3. The van der Waals surface area contributed by atoms with E-state index in [1.54, 1.807) is 42.6 Å². The first kappa shape index (κ1) is 35.2. The van der Waals surface area contributed by atoms with Gasteiger partial charge in [0, 0.05) is 33.3 Å². The second-order valence-corrected chi connectivity index (χ2v) is 14.4. The fraction of sp³-hybridized carbons (Fsp3) is 0. The molecule has 0 saturated carbocycles. The Kier molecular flexibility index (Phi) is 8.23. The lowest BCUT2D eigenvalue weighted by Crippen LogP contribution is -2.03. The van der Waals surface area contributed by atoms with Gasteiger partial charge in [0.1, 0.15) is 0 Å². The number of aromatic nitrogens is 3. The first-order chi connectivity index (χ1) is 29.5. The molecule has 3 aromatic heterocycles. The molecule has 3 heterocycles. The third-order valence-electron chi connectivity index (χ3n) is 11.0. The summed E-state index contributed by atoms with van der Waals surface area (Å²) in [6.07, 6.45) is 1.77. The zero-order valence-electron chi connectivity index (χ0n) is 31.6. The monoisotopic (exact) mass is 762 g/mol. The van der Waals surface area contributed by atoms with Crippen molar-refractivity contribution in [2.24, 2.45) is 0 Å². The maximum atomic E-state index is 10.3. The van der Waals surface area contributed by atoms with Crippen LogP contribution in [0, 0.1) is 56.7 Å². The second kappa shape index (κ2) is 14.0. The van der Waals surface area contributed by atoms with Gasteiger partial charge >= 0.3 is 0 Å². The van der Waals surface area contributed by atoms with Crippen LogP contribution in [-0.4, -0.2) is 14.1 Å². The number of rotatable bonds is 5. The number of nitrogens with zero attached hydrogens (tertiary/aromatic N) is 8. The van der Waals surface area contributed by atoms with E-state index in [4.69, 9.17) is 4.98 Å². The van der Waals surface area contributed by atoms with Gasteiger partial charge in [0.25, 0.3) is 0 Å². The van der Waals surface area contributed by atoms with Crippen molar-refractivity contribution < 1.29 is 0 Å². The summed E-state index contributed by atoms with van der Waals surface area (Å²) in [6.45, 7) is 0. The number of hydrogen-bond donors (Lipinski definition) is 0. The van der Waals surface area contributed by atoms with E-state index < -0.39 is 0 Å². The van der Waals surface area contributed by atoms with Crippen LogP contribution in [0.1, 0.15) is 27.8 Å². The average molecular weight is 763 g/mol. The van der Waals surface area contributed by atoms with Crippen LogP contribution in [0.4, 0.5) is 0 Å². The predicted octanol–water partition coefficient (Wildman–Crippen LogP) is 11.6. The first-order valence-electron chi connectivity index (χ1n) is 19.0. The van der Waals surface area contributed by atoms with Crippen molar-refractivity contribution in [3.63, 3.8) is 0 Å². The van der Waals surface area contributed by atoms with Crippen LogP contribution in [0.2, 0.25) is 0 Å². The van der Waals surface area contributed by atoms with E-state index in [1.165, 1.54) is 0 Å². The van der Waals surface area contributed by atoms with Crippen LogP contribution in [0.15, 0.2) is 158 Å². The van der Waals surface area contributed by atoms with E-state index in [2.05, 4.69) is 88.0 Å². The third-order valence-corrected chi connectivity index (χ3v) is 11.0. The molecule has 274 valence electrons. The van der Waals surface area contributed by atoms with E-state index in [9.17, 15) is 26.3 Å². The lowest BCUT2D eigenvalue weighted by molar-refractivity contribution is 1.13. The van der Waals surface area contributed by atoms with Crippen molar-refractivity contribution in [2.75, 3.05) is 0 Å². The van der Waals surface area contributed by atoms with Gasteiger partial charge in [-0.05, 0) is 125 Å². The molecule has 60 heavy (non-hydrogen) atoms.